The van der Waals surface area contributed by atoms with Gasteiger partial charge in [0.2, 0.25) is 0 Å². The van der Waals surface area contributed by atoms with E-state index in [2.05, 4.69) is 22.3 Å². The molecule has 1 aliphatic carbocycles. The summed E-state index contributed by atoms with van der Waals surface area (Å²) in [7, 11) is 0. The summed E-state index contributed by atoms with van der Waals surface area (Å²) in [5.74, 6) is 1.56. The molecule has 1 aliphatic rings. The third kappa shape index (κ3) is 2.30. The number of aromatic nitrogens is 3. The summed E-state index contributed by atoms with van der Waals surface area (Å²) in [5.41, 5.74) is 0.722. The molecule has 0 aliphatic heterocycles. The minimum atomic E-state index is -0.231. The lowest BCUT2D eigenvalue weighted by atomic mass is 9.77. The third-order valence-corrected chi connectivity index (χ3v) is 4.24. The quantitative estimate of drug-likeness (QED) is 0.887. The van der Waals surface area contributed by atoms with Gasteiger partial charge in [0.05, 0.1) is 18.3 Å². The standard InChI is InChI=1S/C14H20N4O/c1-11-2-5-14(10-19,6-3-11)17-13-12-4-7-16-18(12)9-8-15-13/h4,7-9,11,19H,2-3,5-6,10H2,1H3,(H,15,17). The second-order valence-electron chi connectivity index (χ2n) is 5.68. The predicted octanol–water partition coefficient (Wildman–Crippen LogP) is 2.08. The molecule has 2 N–H and O–H groups in total. The summed E-state index contributed by atoms with van der Waals surface area (Å²) in [4.78, 5) is 4.40. The Kier molecular flexibility index (Phi) is 3.14. The lowest BCUT2D eigenvalue weighted by Gasteiger charge is -2.39. The molecule has 0 atom stereocenters. The number of nitrogens with one attached hydrogen (secondary N) is 1. The largest absolute Gasteiger partial charge is 0.394 e. The van der Waals surface area contributed by atoms with E-state index in [1.165, 1.54) is 0 Å². The molecule has 0 aromatic carbocycles. The summed E-state index contributed by atoms with van der Waals surface area (Å²) in [5, 5.41) is 17.5. The fourth-order valence-electron chi connectivity index (χ4n) is 2.84. The van der Waals surface area contributed by atoms with Gasteiger partial charge in [-0.1, -0.05) is 6.92 Å². The maximum Gasteiger partial charge on any atom is 0.152 e. The zero-order valence-electron chi connectivity index (χ0n) is 11.2. The van der Waals surface area contributed by atoms with Crippen LogP contribution in [-0.4, -0.2) is 31.9 Å². The van der Waals surface area contributed by atoms with Gasteiger partial charge in [-0.2, -0.15) is 5.10 Å². The maximum atomic E-state index is 9.80. The van der Waals surface area contributed by atoms with Gasteiger partial charge in [0, 0.05) is 12.4 Å². The van der Waals surface area contributed by atoms with Crippen molar-refractivity contribution in [1.82, 2.24) is 14.6 Å². The van der Waals surface area contributed by atoms with Gasteiger partial charge >= 0.3 is 0 Å². The highest BCUT2D eigenvalue weighted by atomic mass is 16.3. The molecule has 0 radical (unpaired) electrons. The number of aliphatic hydroxyl groups excluding tert-OH is 1. The molecule has 0 saturated heterocycles. The summed E-state index contributed by atoms with van der Waals surface area (Å²) >= 11 is 0. The van der Waals surface area contributed by atoms with E-state index in [1.807, 2.05) is 12.3 Å². The number of aliphatic hydroxyl groups is 1. The van der Waals surface area contributed by atoms with Gasteiger partial charge in [0.25, 0.3) is 0 Å². The van der Waals surface area contributed by atoms with Crippen LogP contribution in [0.5, 0.6) is 0 Å². The van der Waals surface area contributed by atoms with Crippen molar-refractivity contribution in [1.29, 1.82) is 0 Å². The van der Waals surface area contributed by atoms with Gasteiger partial charge in [-0.3, -0.25) is 0 Å². The number of anilines is 1. The van der Waals surface area contributed by atoms with E-state index in [4.69, 9.17) is 0 Å². The summed E-state index contributed by atoms with van der Waals surface area (Å²) < 4.78 is 1.80. The summed E-state index contributed by atoms with van der Waals surface area (Å²) in [6.45, 7) is 2.42. The van der Waals surface area contributed by atoms with Crippen LogP contribution in [0.25, 0.3) is 5.52 Å². The first-order valence-electron chi connectivity index (χ1n) is 6.90. The van der Waals surface area contributed by atoms with Gasteiger partial charge in [-0.05, 0) is 37.7 Å². The normalized spacial score (nSPS) is 27.6. The molecule has 5 heteroatoms. The minimum absolute atomic E-state index is 0.149. The molecule has 5 nitrogen and oxygen atoms in total. The molecule has 1 fully saturated rings. The van der Waals surface area contributed by atoms with E-state index in [1.54, 1.807) is 16.9 Å². The van der Waals surface area contributed by atoms with E-state index in [9.17, 15) is 5.11 Å². The van der Waals surface area contributed by atoms with Gasteiger partial charge in [0.1, 0.15) is 5.52 Å². The van der Waals surface area contributed by atoms with Gasteiger partial charge < -0.3 is 10.4 Å². The summed E-state index contributed by atoms with van der Waals surface area (Å²) in [6, 6.07) is 1.94. The molecule has 2 aromatic rings. The lowest BCUT2D eigenvalue weighted by molar-refractivity contribution is 0.155. The fraction of sp³-hybridized carbons (Fsp3) is 0.571. The van der Waals surface area contributed by atoms with Crippen molar-refractivity contribution in [2.45, 2.75) is 38.1 Å². The first kappa shape index (κ1) is 12.4. The van der Waals surface area contributed by atoms with E-state index in [-0.39, 0.29) is 12.1 Å². The van der Waals surface area contributed by atoms with Crippen LogP contribution in [0.2, 0.25) is 0 Å². The number of nitrogens with zero attached hydrogens (tertiary/aromatic N) is 3. The molecule has 1 saturated carbocycles. The fourth-order valence-corrected chi connectivity index (χ4v) is 2.84. The Bertz CT molecular complexity index is 557. The Morgan fingerprint density at radius 3 is 2.95 bits per heavy atom. The topological polar surface area (TPSA) is 62.5 Å². The van der Waals surface area contributed by atoms with E-state index < -0.39 is 0 Å². The van der Waals surface area contributed by atoms with E-state index in [0.717, 1.165) is 42.9 Å². The van der Waals surface area contributed by atoms with Crippen molar-refractivity contribution in [2.24, 2.45) is 5.92 Å². The number of hydrogen-bond acceptors (Lipinski definition) is 4. The first-order valence-corrected chi connectivity index (χ1v) is 6.90. The Morgan fingerprint density at radius 2 is 2.21 bits per heavy atom. The van der Waals surface area contributed by atoms with Gasteiger partial charge in [-0.15, -0.1) is 0 Å². The zero-order chi connectivity index (χ0) is 13.3. The van der Waals surface area contributed by atoms with Crippen LogP contribution in [0.15, 0.2) is 24.7 Å². The Morgan fingerprint density at radius 1 is 1.42 bits per heavy atom. The molecular formula is C14H20N4O. The van der Waals surface area contributed by atoms with Crippen LogP contribution in [0.3, 0.4) is 0 Å². The molecular weight excluding hydrogens is 240 g/mol. The van der Waals surface area contributed by atoms with Crippen molar-refractivity contribution < 1.29 is 5.11 Å². The average Bonchev–Trinajstić information content (AvgIpc) is 2.91. The molecule has 0 bridgehead atoms. The van der Waals surface area contributed by atoms with Crippen LogP contribution in [0, 0.1) is 5.92 Å². The molecule has 19 heavy (non-hydrogen) atoms. The first-order chi connectivity index (χ1) is 9.22. The van der Waals surface area contributed by atoms with Crippen LogP contribution < -0.4 is 5.32 Å². The average molecular weight is 260 g/mol. The Labute approximate surface area is 112 Å². The molecule has 0 spiro atoms. The van der Waals surface area contributed by atoms with E-state index >= 15 is 0 Å². The van der Waals surface area contributed by atoms with Crippen LogP contribution >= 0.6 is 0 Å². The van der Waals surface area contributed by atoms with Crippen molar-refractivity contribution in [3.8, 4) is 0 Å². The Balaban J connectivity index is 1.88. The van der Waals surface area contributed by atoms with E-state index in [0.29, 0.717) is 0 Å². The van der Waals surface area contributed by atoms with Gasteiger partial charge in [-0.25, -0.2) is 9.50 Å². The highest BCUT2D eigenvalue weighted by Crippen LogP contribution is 2.34. The smallest absolute Gasteiger partial charge is 0.152 e. The minimum Gasteiger partial charge on any atom is -0.394 e. The molecule has 0 amide bonds. The van der Waals surface area contributed by atoms with Gasteiger partial charge in [0.15, 0.2) is 5.82 Å². The maximum absolute atomic E-state index is 9.80. The predicted molar refractivity (Wildman–Crippen MR) is 74.1 cm³/mol. The SMILES string of the molecule is CC1CCC(CO)(Nc2nccn3nccc23)CC1. The van der Waals surface area contributed by atoms with Crippen LogP contribution in [0.4, 0.5) is 5.82 Å². The number of rotatable bonds is 3. The van der Waals surface area contributed by atoms with Crippen LogP contribution in [0.1, 0.15) is 32.6 Å². The number of fused-ring (bicyclic) bond motifs is 1. The third-order valence-electron chi connectivity index (χ3n) is 4.24. The highest BCUT2D eigenvalue weighted by molar-refractivity contribution is 5.67. The molecule has 0 unspecified atom stereocenters. The zero-order valence-corrected chi connectivity index (χ0v) is 11.2. The number of hydrogen-bond donors (Lipinski definition) is 2. The molecule has 2 aromatic heterocycles. The molecule has 2 heterocycles. The second kappa shape index (κ2) is 4.81. The second-order valence-corrected chi connectivity index (χ2v) is 5.68. The monoisotopic (exact) mass is 260 g/mol. The summed E-state index contributed by atoms with van der Waals surface area (Å²) in [6.07, 6.45) is 9.60. The Hall–Kier alpha value is -1.62. The van der Waals surface area contributed by atoms with Crippen molar-refractivity contribution in [3.63, 3.8) is 0 Å². The molecule has 3 rings (SSSR count). The van der Waals surface area contributed by atoms with Crippen molar-refractivity contribution in [3.05, 3.63) is 24.7 Å². The van der Waals surface area contributed by atoms with Crippen molar-refractivity contribution >= 4 is 11.3 Å². The van der Waals surface area contributed by atoms with Crippen LogP contribution in [-0.2, 0) is 0 Å². The lowest BCUT2D eigenvalue weighted by Crippen LogP contribution is -2.45. The molecule has 102 valence electrons. The van der Waals surface area contributed by atoms with Crippen molar-refractivity contribution in [2.75, 3.05) is 11.9 Å². The highest BCUT2D eigenvalue weighted by Gasteiger charge is 2.34.